The second-order valence-corrected chi connectivity index (χ2v) is 9.04. The Bertz CT molecular complexity index is 1380. The van der Waals surface area contributed by atoms with Crippen LogP contribution in [0.2, 0.25) is 0 Å². The average molecular weight is 565 g/mol. The van der Waals surface area contributed by atoms with Crippen molar-refractivity contribution < 1.29 is 28.5 Å². The van der Waals surface area contributed by atoms with E-state index in [2.05, 4.69) is 13.2 Å². The fraction of sp³-hybridized carbons (Fsp3) is 0.118. The van der Waals surface area contributed by atoms with Gasteiger partial charge in [-0.25, -0.2) is 9.59 Å². The average Bonchev–Trinajstić information content (AvgIpc) is 3.03. The molecule has 0 aromatic heterocycles. The van der Waals surface area contributed by atoms with Gasteiger partial charge in [-0.05, 0) is 97.1 Å². The van der Waals surface area contributed by atoms with Crippen LogP contribution >= 0.6 is 0 Å². The maximum atomic E-state index is 11.4. The number of hydrogen-bond acceptors (Lipinski definition) is 8. The maximum absolute atomic E-state index is 11.4. The van der Waals surface area contributed by atoms with Crippen molar-refractivity contribution in [2.24, 2.45) is 0 Å². The Kier molecular flexibility index (Phi) is 9.99. The summed E-state index contributed by atoms with van der Waals surface area (Å²) in [5.74, 6) is 1.42. The van der Waals surface area contributed by atoms with Gasteiger partial charge in [0.1, 0.15) is 36.2 Å². The molecule has 4 aromatic carbocycles. The highest BCUT2D eigenvalue weighted by molar-refractivity contribution is 5.84. The summed E-state index contributed by atoms with van der Waals surface area (Å²) in [4.78, 5) is 26.7. The lowest BCUT2D eigenvalue weighted by atomic mass is 10.2. The Morgan fingerprint density at radius 2 is 0.786 bits per heavy atom. The van der Waals surface area contributed by atoms with Crippen LogP contribution in [-0.4, -0.2) is 39.2 Å². The lowest BCUT2D eigenvalue weighted by Gasteiger charge is -2.20. The van der Waals surface area contributed by atoms with E-state index in [0.717, 1.165) is 46.4 Å². The fourth-order valence-electron chi connectivity index (χ4n) is 3.94. The van der Waals surface area contributed by atoms with E-state index in [9.17, 15) is 9.59 Å². The third-order valence-corrected chi connectivity index (χ3v) is 6.29. The molecule has 8 heteroatoms. The van der Waals surface area contributed by atoms with E-state index < -0.39 is 11.9 Å². The Morgan fingerprint density at radius 1 is 0.524 bits per heavy atom. The summed E-state index contributed by atoms with van der Waals surface area (Å²) in [6.45, 7) is 7.59. The minimum Gasteiger partial charge on any atom is -0.490 e. The van der Waals surface area contributed by atoms with Gasteiger partial charge in [0.2, 0.25) is 0 Å². The number of rotatable bonds is 13. The standard InChI is InChI=1S/C34H32N2O6/c1-5-33(37)41-31-19-11-27(12-20-31)35(3)25-7-15-29(16-8-25)39-23-24-40-30-17-9-26(10-18-30)36(4)28-13-21-32(22-14-28)42-34(38)6-2/h5-22H,1-2,23-24H2,3-4H3. The van der Waals surface area contributed by atoms with Crippen LogP contribution < -0.4 is 28.7 Å². The van der Waals surface area contributed by atoms with Crippen LogP contribution in [0.3, 0.4) is 0 Å². The van der Waals surface area contributed by atoms with E-state index in [1.807, 2.05) is 96.7 Å². The highest BCUT2D eigenvalue weighted by atomic mass is 16.5. The molecular formula is C34H32N2O6. The molecule has 214 valence electrons. The van der Waals surface area contributed by atoms with Gasteiger partial charge in [-0.1, -0.05) is 13.2 Å². The molecule has 0 fully saturated rings. The molecule has 42 heavy (non-hydrogen) atoms. The zero-order valence-corrected chi connectivity index (χ0v) is 23.6. The lowest BCUT2D eigenvalue weighted by molar-refractivity contribution is -0.129. The predicted molar refractivity (Wildman–Crippen MR) is 165 cm³/mol. The van der Waals surface area contributed by atoms with Crippen molar-refractivity contribution in [3.8, 4) is 23.0 Å². The van der Waals surface area contributed by atoms with Gasteiger partial charge in [0.05, 0.1) is 0 Å². The van der Waals surface area contributed by atoms with Crippen molar-refractivity contribution in [3.63, 3.8) is 0 Å². The van der Waals surface area contributed by atoms with E-state index in [1.54, 1.807) is 24.3 Å². The molecule has 0 heterocycles. The topological polar surface area (TPSA) is 77.5 Å². The minimum absolute atomic E-state index is 0.393. The smallest absolute Gasteiger partial charge is 0.335 e. The molecule has 0 unspecified atom stereocenters. The molecular weight excluding hydrogens is 532 g/mol. The first-order chi connectivity index (χ1) is 20.4. The quantitative estimate of drug-likeness (QED) is 0.0754. The summed E-state index contributed by atoms with van der Waals surface area (Å²) in [7, 11) is 3.91. The molecule has 0 spiro atoms. The second kappa shape index (κ2) is 14.2. The largest absolute Gasteiger partial charge is 0.490 e. The highest BCUT2D eigenvalue weighted by Crippen LogP contribution is 2.29. The minimum atomic E-state index is -0.492. The molecule has 0 bridgehead atoms. The van der Waals surface area contributed by atoms with Crippen LogP contribution in [-0.2, 0) is 9.59 Å². The van der Waals surface area contributed by atoms with Gasteiger partial charge in [0, 0.05) is 49.0 Å². The van der Waals surface area contributed by atoms with E-state index in [0.29, 0.717) is 24.7 Å². The van der Waals surface area contributed by atoms with Crippen LogP contribution in [0.5, 0.6) is 23.0 Å². The van der Waals surface area contributed by atoms with Crippen molar-refractivity contribution in [2.75, 3.05) is 37.1 Å². The zero-order chi connectivity index (χ0) is 29.9. The van der Waals surface area contributed by atoms with Crippen LogP contribution in [0.1, 0.15) is 0 Å². The van der Waals surface area contributed by atoms with Gasteiger partial charge in [0.25, 0.3) is 0 Å². The highest BCUT2D eigenvalue weighted by Gasteiger charge is 2.08. The number of ether oxygens (including phenoxy) is 4. The van der Waals surface area contributed by atoms with Gasteiger partial charge < -0.3 is 28.7 Å². The van der Waals surface area contributed by atoms with Gasteiger partial charge in [-0.2, -0.15) is 0 Å². The molecule has 0 N–H and O–H groups in total. The zero-order valence-electron chi connectivity index (χ0n) is 23.6. The molecule has 0 aliphatic rings. The molecule has 0 atom stereocenters. The summed E-state index contributed by atoms with van der Waals surface area (Å²) in [6.07, 6.45) is 2.26. The van der Waals surface area contributed by atoms with Crippen LogP contribution in [0.25, 0.3) is 0 Å². The molecule has 0 amide bonds. The summed E-state index contributed by atoms with van der Waals surface area (Å²) in [5.41, 5.74) is 3.84. The van der Waals surface area contributed by atoms with Gasteiger partial charge in [0.15, 0.2) is 0 Å². The lowest BCUT2D eigenvalue weighted by Crippen LogP contribution is -2.11. The van der Waals surface area contributed by atoms with E-state index in [1.165, 1.54) is 0 Å². The normalized spacial score (nSPS) is 10.2. The molecule has 4 aromatic rings. The number of nitrogens with zero attached hydrogens (tertiary/aromatic N) is 2. The maximum Gasteiger partial charge on any atom is 0.335 e. The summed E-state index contributed by atoms with van der Waals surface area (Å²) in [6, 6.07) is 30.0. The number of benzene rings is 4. The van der Waals surface area contributed by atoms with Crippen molar-refractivity contribution in [2.45, 2.75) is 0 Å². The summed E-state index contributed by atoms with van der Waals surface area (Å²) < 4.78 is 21.9. The van der Waals surface area contributed by atoms with Gasteiger partial charge >= 0.3 is 11.9 Å². The number of anilines is 4. The first-order valence-electron chi connectivity index (χ1n) is 13.2. The van der Waals surface area contributed by atoms with Crippen LogP contribution in [0.4, 0.5) is 22.7 Å². The third kappa shape index (κ3) is 8.02. The number of carbonyl (C=O) groups is 2. The number of carbonyl (C=O) groups excluding carboxylic acids is 2. The molecule has 0 radical (unpaired) electrons. The number of hydrogen-bond donors (Lipinski definition) is 0. The Morgan fingerprint density at radius 3 is 1.05 bits per heavy atom. The van der Waals surface area contributed by atoms with Crippen LogP contribution in [0, 0.1) is 0 Å². The third-order valence-electron chi connectivity index (χ3n) is 6.29. The van der Waals surface area contributed by atoms with Crippen LogP contribution in [0.15, 0.2) is 122 Å². The Labute approximate surface area is 245 Å². The van der Waals surface area contributed by atoms with E-state index in [4.69, 9.17) is 18.9 Å². The first-order valence-corrected chi connectivity index (χ1v) is 13.2. The van der Waals surface area contributed by atoms with Crippen molar-refractivity contribution in [1.82, 2.24) is 0 Å². The Balaban J connectivity index is 1.22. The predicted octanol–water partition coefficient (Wildman–Crippen LogP) is 6.86. The molecule has 4 rings (SSSR count). The molecule has 0 aliphatic heterocycles. The van der Waals surface area contributed by atoms with Crippen molar-refractivity contribution in [3.05, 3.63) is 122 Å². The Hall–Kier alpha value is -5.50. The van der Waals surface area contributed by atoms with Gasteiger partial charge in [-0.3, -0.25) is 0 Å². The van der Waals surface area contributed by atoms with Crippen molar-refractivity contribution >= 4 is 34.7 Å². The monoisotopic (exact) mass is 564 g/mol. The SMILES string of the molecule is C=CC(=O)Oc1ccc(N(C)c2ccc(OCCOc3ccc(N(C)c4ccc(OC(=O)C=C)cc4)cc3)cc2)cc1. The molecule has 0 aliphatic carbocycles. The van der Waals surface area contributed by atoms with Crippen molar-refractivity contribution in [1.29, 1.82) is 0 Å². The fourth-order valence-corrected chi connectivity index (χ4v) is 3.94. The number of esters is 2. The molecule has 0 saturated heterocycles. The first kappa shape index (κ1) is 29.5. The molecule has 8 nitrogen and oxygen atoms in total. The van der Waals surface area contributed by atoms with Gasteiger partial charge in [-0.15, -0.1) is 0 Å². The summed E-state index contributed by atoms with van der Waals surface area (Å²) in [5, 5.41) is 0. The molecule has 0 saturated carbocycles. The second-order valence-electron chi connectivity index (χ2n) is 9.04. The summed E-state index contributed by atoms with van der Waals surface area (Å²) >= 11 is 0. The van der Waals surface area contributed by atoms with E-state index >= 15 is 0 Å². The van der Waals surface area contributed by atoms with E-state index in [-0.39, 0.29) is 0 Å².